The number of nitrogens with zero attached hydrogens (tertiary/aromatic N) is 1. The van der Waals surface area contributed by atoms with Gasteiger partial charge in [0.25, 0.3) is 5.91 Å². The molecule has 0 aromatic heterocycles. The Hall–Kier alpha value is -2.85. The minimum atomic E-state index is -3.78. The van der Waals surface area contributed by atoms with Gasteiger partial charge in [-0.25, -0.2) is 13.1 Å². The van der Waals surface area contributed by atoms with E-state index in [0.717, 1.165) is 12.1 Å². The molecular weight excluding hydrogens is 365 g/mol. The normalized spacial score (nSPS) is 11.4. The van der Waals surface area contributed by atoms with E-state index in [1.807, 2.05) is 0 Å². The van der Waals surface area contributed by atoms with Gasteiger partial charge in [0, 0.05) is 23.4 Å². The van der Waals surface area contributed by atoms with Crippen LogP contribution in [0.5, 0.6) is 0 Å². The van der Waals surface area contributed by atoms with Gasteiger partial charge < -0.3 is 5.32 Å². The van der Waals surface area contributed by atoms with Gasteiger partial charge in [-0.2, -0.15) is 4.39 Å². The topological polar surface area (TPSA) is 118 Å². The van der Waals surface area contributed by atoms with Crippen LogP contribution in [0.3, 0.4) is 0 Å². The number of amides is 1. The highest BCUT2D eigenvalue weighted by Gasteiger charge is 2.19. The monoisotopic (exact) mass is 381 g/mol. The molecule has 10 heteroatoms. The van der Waals surface area contributed by atoms with Crippen molar-refractivity contribution in [3.05, 3.63) is 64.0 Å². The fraction of sp³-hybridized carbons (Fsp3) is 0.188. The molecule has 0 aliphatic heterocycles. The highest BCUT2D eigenvalue weighted by atomic mass is 32.2. The fourth-order valence-corrected chi connectivity index (χ4v) is 3.41. The highest BCUT2D eigenvalue weighted by molar-refractivity contribution is 7.89. The lowest BCUT2D eigenvalue weighted by Crippen LogP contribution is -2.30. The van der Waals surface area contributed by atoms with Crippen LogP contribution in [0.25, 0.3) is 0 Å². The third kappa shape index (κ3) is 4.61. The fourth-order valence-electron chi connectivity index (χ4n) is 2.12. The predicted octanol–water partition coefficient (Wildman–Crippen LogP) is 2.67. The summed E-state index contributed by atoms with van der Waals surface area (Å²) in [5, 5.41) is 13.1. The first kappa shape index (κ1) is 19.5. The molecule has 0 heterocycles. The standard InChI is InChI=1S/C16H16FN3O5S/c1-10(2)19-26(24,25)13-5-3-4-11(8-13)16(21)18-12-6-7-14(17)15(9-12)20(22)23/h3-10,19H,1-2H3,(H,18,21). The maximum atomic E-state index is 13.3. The summed E-state index contributed by atoms with van der Waals surface area (Å²) in [6.45, 7) is 3.32. The minimum Gasteiger partial charge on any atom is -0.322 e. The van der Waals surface area contributed by atoms with E-state index in [4.69, 9.17) is 0 Å². The Kier molecular flexibility index (Phi) is 5.68. The number of nitro benzene ring substituents is 1. The van der Waals surface area contributed by atoms with Crippen molar-refractivity contribution in [3.63, 3.8) is 0 Å². The zero-order valence-corrected chi connectivity index (χ0v) is 14.7. The summed E-state index contributed by atoms with van der Waals surface area (Å²) in [5.74, 6) is -1.71. The quantitative estimate of drug-likeness (QED) is 0.589. The lowest BCUT2D eigenvalue weighted by molar-refractivity contribution is -0.387. The summed E-state index contributed by atoms with van der Waals surface area (Å²) in [7, 11) is -3.78. The summed E-state index contributed by atoms with van der Waals surface area (Å²) in [6, 6.07) is 7.90. The maximum absolute atomic E-state index is 13.3. The van der Waals surface area contributed by atoms with Crippen LogP contribution in [0, 0.1) is 15.9 Å². The summed E-state index contributed by atoms with van der Waals surface area (Å²) in [5.41, 5.74) is -0.736. The van der Waals surface area contributed by atoms with Gasteiger partial charge >= 0.3 is 5.69 Å². The van der Waals surface area contributed by atoms with Crippen LogP contribution >= 0.6 is 0 Å². The molecule has 2 rings (SSSR count). The molecule has 0 aliphatic rings. The second-order valence-electron chi connectivity index (χ2n) is 5.68. The van der Waals surface area contributed by atoms with E-state index in [9.17, 15) is 27.7 Å². The van der Waals surface area contributed by atoms with Crippen LogP contribution in [0.2, 0.25) is 0 Å². The number of hydrogen-bond donors (Lipinski definition) is 2. The second kappa shape index (κ2) is 7.58. The molecule has 0 radical (unpaired) electrons. The molecule has 0 atom stereocenters. The third-order valence-electron chi connectivity index (χ3n) is 3.20. The number of benzene rings is 2. The first-order valence-corrected chi connectivity index (χ1v) is 8.96. The molecule has 0 fully saturated rings. The number of nitro groups is 1. The van der Waals surface area contributed by atoms with Crippen molar-refractivity contribution in [2.75, 3.05) is 5.32 Å². The molecule has 0 unspecified atom stereocenters. The molecule has 26 heavy (non-hydrogen) atoms. The molecule has 0 saturated carbocycles. The van der Waals surface area contributed by atoms with Crippen molar-refractivity contribution in [1.82, 2.24) is 4.72 Å². The zero-order valence-electron chi connectivity index (χ0n) is 13.9. The number of carbonyl (C=O) groups is 1. The molecule has 0 aliphatic carbocycles. The van der Waals surface area contributed by atoms with E-state index in [0.29, 0.717) is 0 Å². The number of hydrogen-bond acceptors (Lipinski definition) is 5. The molecule has 0 spiro atoms. The van der Waals surface area contributed by atoms with Gasteiger partial charge in [0.05, 0.1) is 9.82 Å². The van der Waals surface area contributed by atoms with Gasteiger partial charge in [-0.1, -0.05) is 6.07 Å². The number of anilines is 1. The molecule has 0 bridgehead atoms. The van der Waals surface area contributed by atoms with Crippen molar-refractivity contribution in [3.8, 4) is 0 Å². The Morgan fingerprint density at radius 1 is 1.19 bits per heavy atom. The maximum Gasteiger partial charge on any atom is 0.306 e. The van der Waals surface area contributed by atoms with E-state index < -0.39 is 32.4 Å². The number of carbonyl (C=O) groups excluding carboxylic acids is 1. The Morgan fingerprint density at radius 3 is 2.50 bits per heavy atom. The third-order valence-corrected chi connectivity index (χ3v) is 4.85. The number of nitrogens with one attached hydrogen (secondary N) is 2. The Labute approximate surface area is 149 Å². The van der Waals surface area contributed by atoms with E-state index in [2.05, 4.69) is 10.0 Å². The molecule has 2 aromatic rings. The highest BCUT2D eigenvalue weighted by Crippen LogP contribution is 2.22. The molecule has 8 nitrogen and oxygen atoms in total. The van der Waals surface area contributed by atoms with Gasteiger partial charge in [-0.3, -0.25) is 14.9 Å². The lowest BCUT2D eigenvalue weighted by Gasteiger charge is -2.11. The smallest absolute Gasteiger partial charge is 0.306 e. The van der Waals surface area contributed by atoms with E-state index in [-0.39, 0.29) is 22.2 Å². The minimum absolute atomic E-state index is 0.0108. The van der Waals surface area contributed by atoms with Crippen molar-refractivity contribution in [2.24, 2.45) is 0 Å². The summed E-state index contributed by atoms with van der Waals surface area (Å²) < 4.78 is 40.1. The number of halogens is 1. The molecular formula is C16H16FN3O5S. The van der Waals surface area contributed by atoms with Gasteiger partial charge in [-0.05, 0) is 44.2 Å². The second-order valence-corrected chi connectivity index (χ2v) is 7.40. The summed E-state index contributed by atoms with van der Waals surface area (Å²) >= 11 is 0. The Balaban J connectivity index is 2.27. The SMILES string of the molecule is CC(C)NS(=O)(=O)c1cccc(C(=O)Nc2ccc(F)c([N+](=O)[O-])c2)c1. The van der Waals surface area contributed by atoms with Crippen LogP contribution in [0.15, 0.2) is 47.4 Å². The molecule has 1 amide bonds. The van der Waals surface area contributed by atoms with Crippen molar-refractivity contribution < 1.29 is 22.5 Å². The first-order chi connectivity index (χ1) is 12.1. The molecule has 2 aromatic carbocycles. The largest absolute Gasteiger partial charge is 0.322 e. The van der Waals surface area contributed by atoms with Gasteiger partial charge in [0.2, 0.25) is 15.8 Å². The van der Waals surface area contributed by atoms with Crippen LogP contribution in [-0.4, -0.2) is 25.3 Å². The van der Waals surface area contributed by atoms with Crippen LogP contribution < -0.4 is 10.0 Å². The van der Waals surface area contributed by atoms with Gasteiger partial charge in [-0.15, -0.1) is 0 Å². The number of rotatable bonds is 6. The van der Waals surface area contributed by atoms with E-state index in [1.54, 1.807) is 13.8 Å². The number of sulfonamides is 1. The lowest BCUT2D eigenvalue weighted by atomic mass is 10.2. The average molecular weight is 381 g/mol. The zero-order chi connectivity index (χ0) is 19.5. The first-order valence-electron chi connectivity index (χ1n) is 7.48. The predicted molar refractivity (Wildman–Crippen MR) is 92.9 cm³/mol. The Morgan fingerprint density at radius 2 is 1.88 bits per heavy atom. The average Bonchev–Trinajstić information content (AvgIpc) is 2.55. The van der Waals surface area contributed by atoms with Crippen molar-refractivity contribution in [2.45, 2.75) is 24.8 Å². The van der Waals surface area contributed by atoms with Crippen LogP contribution in [0.4, 0.5) is 15.8 Å². The van der Waals surface area contributed by atoms with E-state index >= 15 is 0 Å². The summed E-state index contributed by atoms with van der Waals surface area (Å²) in [4.78, 5) is 22.0. The Bertz CT molecular complexity index is 960. The summed E-state index contributed by atoms with van der Waals surface area (Å²) in [6.07, 6.45) is 0. The van der Waals surface area contributed by atoms with Gasteiger partial charge in [0.1, 0.15) is 0 Å². The van der Waals surface area contributed by atoms with Crippen LogP contribution in [-0.2, 0) is 10.0 Å². The molecule has 138 valence electrons. The van der Waals surface area contributed by atoms with Crippen molar-refractivity contribution in [1.29, 1.82) is 0 Å². The van der Waals surface area contributed by atoms with E-state index in [1.165, 1.54) is 30.3 Å². The van der Waals surface area contributed by atoms with Crippen LogP contribution in [0.1, 0.15) is 24.2 Å². The van der Waals surface area contributed by atoms with Gasteiger partial charge in [0.15, 0.2) is 0 Å². The molecule has 0 saturated heterocycles. The van der Waals surface area contributed by atoms with Crippen molar-refractivity contribution >= 4 is 27.3 Å². The molecule has 2 N–H and O–H groups in total.